The number of unbranched alkanes of at least 4 members (excludes halogenated alkanes) is 3. The van der Waals surface area contributed by atoms with E-state index < -0.39 is 5.97 Å². The lowest BCUT2D eigenvalue weighted by molar-refractivity contribution is -0.137. The van der Waals surface area contributed by atoms with Gasteiger partial charge in [-0.3, -0.25) is 4.79 Å². The molecule has 3 aliphatic rings. The fourth-order valence-corrected chi connectivity index (χ4v) is 7.48. The molecule has 3 fully saturated rings. The maximum Gasteiger partial charge on any atom is 0.303 e. The van der Waals surface area contributed by atoms with Crippen molar-refractivity contribution in [1.82, 2.24) is 0 Å². The van der Waals surface area contributed by atoms with Gasteiger partial charge in [-0.2, -0.15) is 11.8 Å². The monoisotopic (exact) mass is 338 g/mol. The van der Waals surface area contributed by atoms with E-state index >= 15 is 0 Å². The van der Waals surface area contributed by atoms with E-state index in [1.54, 1.807) is 0 Å². The van der Waals surface area contributed by atoms with Crippen LogP contribution in [0.25, 0.3) is 0 Å². The van der Waals surface area contributed by atoms with E-state index in [0.29, 0.717) is 6.42 Å². The zero-order chi connectivity index (χ0) is 16.1. The number of carboxylic acid groups (broad SMARTS) is 1. The fourth-order valence-electron chi connectivity index (χ4n) is 5.40. The summed E-state index contributed by atoms with van der Waals surface area (Å²) in [6, 6.07) is 0. The lowest BCUT2D eigenvalue weighted by Crippen LogP contribution is -2.27. The first kappa shape index (κ1) is 17.6. The van der Waals surface area contributed by atoms with E-state index in [0.717, 1.165) is 41.1 Å². The SMILES string of the molecule is O=C(O)CCCCCC[C@H]1[C@H]2CC[C@H](C2)[C@H]1SC1CCCCC1. The Labute approximate surface area is 146 Å². The Kier molecular flexibility index (Phi) is 6.73. The van der Waals surface area contributed by atoms with Crippen LogP contribution in [0, 0.1) is 17.8 Å². The van der Waals surface area contributed by atoms with Crippen LogP contribution in [0.1, 0.15) is 89.9 Å². The molecule has 3 rings (SSSR count). The van der Waals surface area contributed by atoms with E-state index in [1.807, 2.05) is 0 Å². The molecule has 4 atom stereocenters. The zero-order valence-electron chi connectivity index (χ0n) is 14.5. The number of thioether (sulfide) groups is 1. The summed E-state index contributed by atoms with van der Waals surface area (Å²) in [5.41, 5.74) is 0. The molecular formula is C20H34O2S. The summed E-state index contributed by atoms with van der Waals surface area (Å²) in [4.78, 5) is 10.6. The number of rotatable bonds is 9. The first-order chi connectivity index (χ1) is 11.2. The Morgan fingerprint density at radius 1 is 0.913 bits per heavy atom. The minimum atomic E-state index is -0.637. The van der Waals surface area contributed by atoms with Gasteiger partial charge in [-0.1, -0.05) is 38.5 Å². The average Bonchev–Trinajstić information content (AvgIpc) is 3.14. The summed E-state index contributed by atoms with van der Waals surface area (Å²) in [6.45, 7) is 0. The second kappa shape index (κ2) is 8.78. The van der Waals surface area contributed by atoms with Crippen LogP contribution in [-0.2, 0) is 4.79 Å². The Hall–Kier alpha value is -0.180. The van der Waals surface area contributed by atoms with Crippen molar-refractivity contribution in [1.29, 1.82) is 0 Å². The van der Waals surface area contributed by atoms with Crippen molar-refractivity contribution in [2.75, 3.05) is 0 Å². The van der Waals surface area contributed by atoms with Gasteiger partial charge in [-0.15, -0.1) is 0 Å². The van der Waals surface area contributed by atoms with Gasteiger partial charge < -0.3 is 5.11 Å². The van der Waals surface area contributed by atoms with Crippen molar-refractivity contribution in [3.05, 3.63) is 0 Å². The highest BCUT2D eigenvalue weighted by Gasteiger charge is 2.47. The number of carboxylic acids is 1. The van der Waals surface area contributed by atoms with Gasteiger partial charge in [0.25, 0.3) is 0 Å². The molecule has 2 bridgehead atoms. The maximum absolute atomic E-state index is 10.6. The first-order valence-corrected chi connectivity index (χ1v) is 11.1. The molecule has 0 spiro atoms. The second-order valence-corrected chi connectivity index (χ2v) is 9.69. The average molecular weight is 339 g/mol. The Morgan fingerprint density at radius 2 is 1.65 bits per heavy atom. The lowest BCUT2D eigenvalue weighted by atomic mass is 9.84. The molecular weight excluding hydrogens is 304 g/mol. The highest BCUT2D eigenvalue weighted by atomic mass is 32.2. The number of carbonyl (C=O) groups is 1. The molecule has 0 unspecified atom stereocenters. The summed E-state index contributed by atoms with van der Waals surface area (Å²) < 4.78 is 0. The van der Waals surface area contributed by atoms with Crippen LogP contribution in [-0.4, -0.2) is 21.6 Å². The Bertz CT molecular complexity index is 378. The van der Waals surface area contributed by atoms with Crippen molar-refractivity contribution in [3.63, 3.8) is 0 Å². The quantitative estimate of drug-likeness (QED) is 0.532. The molecule has 132 valence electrons. The first-order valence-electron chi connectivity index (χ1n) is 10.1. The molecule has 0 heterocycles. The van der Waals surface area contributed by atoms with Crippen LogP contribution in [0.3, 0.4) is 0 Å². The van der Waals surface area contributed by atoms with Gasteiger partial charge in [0.2, 0.25) is 0 Å². The van der Waals surface area contributed by atoms with E-state index in [1.165, 1.54) is 70.6 Å². The molecule has 0 amide bonds. The molecule has 2 nitrogen and oxygen atoms in total. The molecule has 3 aliphatic carbocycles. The van der Waals surface area contributed by atoms with Crippen LogP contribution in [0.5, 0.6) is 0 Å². The van der Waals surface area contributed by atoms with Crippen molar-refractivity contribution < 1.29 is 9.90 Å². The van der Waals surface area contributed by atoms with E-state index in [9.17, 15) is 4.79 Å². The minimum Gasteiger partial charge on any atom is -0.481 e. The second-order valence-electron chi connectivity index (χ2n) is 8.20. The predicted molar refractivity (Wildman–Crippen MR) is 97.9 cm³/mol. The smallest absolute Gasteiger partial charge is 0.303 e. The van der Waals surface area contributed by atoms with Gasteiger partial charge in [-0.05, 0) is 62.7 Å². The summed E-state index contributed by atoms with van der Waals surface area (Å²) in [5, 5.41) is 10.6. The highest BCUT2D eigenvalue weighted by molar-refractivity contribution is 8.00. The largest absolute Gasteiger partial charge is 0.481 e. The normalized spacial score (nSPS) is 34.1. The van der Waals surface area contributed by atoms with Crippen LogP contribution < -0.4 is 0 Å². The van der Waals surface area contributed by atoms with Gasteiger partial charge in [0.1, 0.15) is 0 Å². The third kappa shape index (κ3) is 4.90. The third-order valence-electron chi connectivity index (χ3n) is 6.59. The summed E-state index contributed by atoms with van der Waals surface area (Å²) >= 11 is 2.39. The van der Waals surface area contributed by atoms with Crippen LogP contribution in [0.4, 0.5) is 0 Å². The molecule has 0 aromatic rings. The summed E-state index contributed by atoms with van der Waals surface area (Å²) in [5.74, 6) is 2.41. The van der Waals surface area contributed by atoms with Crippen molar-refractivity contribution >= 4 is 17.7 Å². The van der Waals surface area contributed by atoms with Gasteiger partial charge in [0.15, 0.2) is 0 Å². The highest BCUT2D eigenvalue weighted by Crippen LogP contribution is 2.56. The molecule has 3 heteroatoms. The molecule has 0 radical (unpaired) electrons. The van der Waals surface area contributed by atoms with Crippen molar-refractivity contribution in [3.8, 4) is 0 Å². The number of hydrogen-bond acceptors (Lipinski definition) is 2. The van der Waals surface area contributed by atoms with Gasteiger partial charge in [0.05, 0.1) is 0 Å². The van der Waals surface area contributed by atoms with Crippen LogP contribution >= 0.6 is 11.8 Å². The topological polar surface area (TPSA) is 37.3 Å². The summed E-state index contributed by atoms with van der Waals surface area (Å²) in [6.07, 6.45) is 18.2. The van der Waals surface area contributed by atoms with Crippen LogP contribution in [0.15, 0.2) is 0 Å². The number of aliphatic carboxylic acids is 1. The number of fused-ring (bicyclic) bond motifs is 2. The van der Waals surface area contributed by atoms with Crippen molar-refractivity contribution in [2.45, 2.75) is 100 Å². The van der Waals surface area contributed by atoms with E-state index in [4.69, 9.17) is 5.11 Å². The summed E-state index contributed by atoms with van der Waals surface area (Å²) in [7, 11) is 0. The van der Waals surface area contributed by atoms with Gasteiger partial charge in [-0.25, -0.2) is 0 Å². The molecule has 23 heavy (non-hydrogen) atoms. The Balaban J connectivity index is 1.40. The standard InChI is InChI=1S/C20H34O2S/c21-19(22)11-7-2-1-6-10-18-15-12-13-16(14-15)20(18)23-17-8-4-3-5-9-17/h15-18,20H,1-14H2,(H,21,22)/t15-,16+,18-,20+/m0/s1. The van der Waals surface area contributed by atoms with E-state index in [-0.39, 0.29) is 0 Å². The van der Waals surface area contributed by atoms with Gasteiger partial charge in [0, 0.05) is 16.9 Å². The molecule has 1 N–H and O–H groups in total. The van der Waals surface area contributed by atoms with Crippen molar-refractivity contribution in [2.24, 2.45) is 17.8 Å². The Morgan fingerprint density at radius 3 is 2.43 bits per heavy atom. The molecule has 0 aliphatic heterocycles. The van der Waals surface area contributed by atoms with Crippen LogP contribution in [0.2, 0.25) is 0 Å². The fraction of sp³-hybridized carbons (Fsp3) is 0.950. The third-order valence-corrected chi connectivity index (χ3v) is 8.49. The molecule has 0 saturated heterocycles. The molecule has 3 saturated carbocycles. The predicted octanol–water partition coefficient (Wildman–Crippen LogP) is 5.89. The molecule has 0 aromatic heterocycles. The lowest BCUT2D eigenvalue weighted by Gasteiger charge is -2.34. The minimum absolute atomic E-state index is 0.355. The van der Waals surface area contributed by atoms with Gasteiger partial charge >= 0.3 is 5.97 Å². The molecule has 0 aromatic carbocycles. The number of hydrogen-bond donors (Lipinski definition) is 1. The van der Waals surface area contributed by atoms with E-state index in [2.05, 4.69) is 11.8 Å². The zero-order valence-corrected chi connectivity index (χ0v) is 15.4. The maximum atomic E-state index is 10.6.